The largest absolute Gasteiger partial charge is 0.496 e. The average Bonchev–Trinajstić information content (AvgIpc) is 2.37. The highest BCUT2D eigenvalue weighted by molar-refractivity contribution is 5.84. The Hall–Kier alpha value is -1.75. The highest BCUT2D eigenvalue weighted by Crippen LogP contribution is 2.21. The first-order valence-corrected chi connectivity index (χ1v) is 5.80. The molecule has 0 aliphatic heterocycles. The van der Waals surface area contributed by atoms with Crippen molar-refractivity contribution in [1.29, 1.82) is 0 Å². The van der Waals surface area contributed by atoms with Crippen LogP contribution in [-0.4, -0.2) is 36.1 Å². The Morgan fingerprint density at radius 1 is 1.56 bits per heavy atom. The fourth-order valence-corrected chi connectivity index (χ4v) is 1.75. The summed E-state index contributed by atoms with van der Waals surface area (Å²) < 4.78 is 5.33. The van der Waals surface area contributed by atoms with Crippen molar-refractivity contribution in [2.24, 2.45) is 10.9 Å². The number of benzene rings is 1. The molecule has 0 aliphatic rings. The molecule has 0 bridgehead atoms. The summed E-state index contributed by atoms with van der Waals surface area (Å²) >= 11 is 0. The van der Waals surface area contributed by atoms with E-state index in [0.29, 0.717) is 6.54 Å². The minimum atomic E-state index is -0.139. The Labute approximate surface area is 108 Å². The van der Waals surface area contributed by atoms with Gasteiger partial charge in [-0.3, -0.25) is 4.90 Å². The average molecular weight is 251 g/mol. The van der Waals surface area contributed by atoms with Crippen LogP contribution in [0.15, 0.2) is 23.4 Å². The smallest absolute Gasteiger partial charge is 0.156 e. The zero-order valence-corrected chi connectivity index (χ0v) is 11.3. The van der Waals surface area contributed by atoms with Gasteiger partial charge in [0.1, 0.15) is 5.75 Å². The summed E-state index contributed by atoms with van der Waals surface area (Å²) in [7, 11) is 3.58. The van der Waals surface area contributed by atoms with Gasteiger partial charge in [0.15, 0.2) is 5.84 Å². The fraction of sp³-hybridized carbons (Fsp3) is 0.462. The monoisotopic (exact) mass is 251 g/mol. The van der Waals surface area contributed by atoms with E-state index in [0.717, 1.165) is 11.3 Å². The Bertz CT molecular complexity index is 432. The van der Waals surface area contributed by atoms with Crippen LogP contribution in [0, 0.1) is 6.92 Å². The molecule has 1 unspecified atom stereocenters. The molecule has 0 radical (unpaired) electrons. The second-order valence-corrected chi connectivity index (χ2v) is 4.43. The van der Waals surface area contributed by atoms with E-state index in [9.17, 15) is 0 Å². The van der Waals surface area contributed by atoms with Crippen molar-refractivity contribution in [2.75, 3.05) is 14.2 Å². The van der Waals surface area contributed by atoms with Crippen LogP contribution in [0.2, 0.25) is 0 Å². The third kappa shape index (κ3) is 3.37. The van der Waals surface area contributed by atoms with Crippen molar-refractivity contribution in [3.63, 3.8) is 0 Å². The normalized spacial score (nSPS) is 13.7. The number of hydrogen-bond donors (Lipinski definition) is 2. The molecule has 1 atom stereocenters. The molecular formula is C13H21N3O2. The number of nitrogens with two attached hydrogens (primary N) is 1. The molecule has 0 amide bonds. The lowest BCUT2D eigenvalue weighted by molar-refractivity contribution is 0.275. The quantitative estimate of drug-likeness (QED) is 0.361. The zero-order valence-electron chi connectivity index (χ0n) is 11.3. The number of rotatable bonds is 5. The number of amidine groups is 1. The van der Waals surface area contributed by atoms with E-state index in [1.54, 1.807) is 7.11 Å². The van der Waals surface area contributed by atoms with Gasteiger partial charge < -0.3 is 15.7 Å². The van der Waals surface area contributed by atoms with Gasteiger partial charge in [0.25, 0.3) is 0 Å². The van der Waals surface area contributed by atoms with E-state index < -0.39 is 0 Å². The van der Waals surface area contributed by atoms with Crippen molar-refractivity contribution >= 4 is 5.84 Å². The van der Waals surface area contributed by atoms with Gasteiger partial charge in [0, 0.05) is 12.1 Å². The maximum absolute atomic E-state index is 8.68. The van der Waals surface area contributed by atoms with Gasteiger partial charge in [0.05, 0.1) is 13.2 Å². The van der Waals surface area contributed by atoms with E-state index in [4.69, 9.17) is 15.7 Å². The zero-order chi connectivity index (χ0) is 13.7. The molecule has 0 aliphatic carbocycles. The molecule has 0 fully saturated rings. The summed E-state index contributed by atoms with van der Waals surface area (Å²) in [6.07, 6.45) is 0. The van der Waals surface area contributed by atoms with Gasteiger partial charge >= 0.3 is 0 Å². The highest BCUT2D eigenvalue weighted by Gasteiger charge is 2.15. The first-order chi connectivity index (χ1) is 8.49. The third-order valence-electron chi connectivity index (χ3n) is 3.06. The molecule has 3 N–H and O–H groups in total. The van der Waals surface area contributed by atoms with Gasteiger partial charge in [-0.1, -0.05) is 22.9 Å². The molecule has 0 saturated heterocycles. The molecule has 1 rings (SSSR count). The van der Waals surface area contributed by atoms with Crippen LogP contribution in [0.1, 0.15) is 18.1 Å². The summed E-state index contributed by atoms with van der Waals surface area (Å²) in [6, 6.07) is 5.90. The van der Waals surface area contributed by atoms with E-state index >= 15 is 0 Å². The molecule has 18 heavy (non-hydrogen) atoms. The van der Waals surface area contributed by atoms with Crippen LogP contribution < -0.4 is 10.5 Å². The van der Waals surface area contributed by atoms with E-state index in [2.05, 4.69) is 11.2 Å². The first-order valence-electron chi connectivity index (χ1n) is 5.80. The first kappa shape index (κ1) is 14.3. The van der Waals surface area contributed by atoms with Crippen molar-refractivity contribution in [3.05, 3.63) is 29.3 Å². The molecule has 5 nitrogen and oxygen atoms in total. The highest BCUT2D eigenvalue weighted by atomic mass is 16.5. The van der Waals surface area contributed by atoms with Gasteiger partial charge in [-0.15, -0.1) is 0 Å². The van der Waals surface area contributed by atoms with E-state index in [1.807, 2.05) is 37.9 Å². The summed E-state index contributed by atoms with van der Waals surface area (Å²) in [4.78, 5) is 1.99. The summed E-state index contributed by atoms with van der Waals surface area (Å²) in [5, 5.41) is 11.7. The van der Waals surface area contributed by atoms with Crippen LogP contribution in [-0.2, 0) is 6.54 Å². The molecule has 0 saturated carbocycles. The molecule has 0 aromatic heterocycles. The Morgan fingerprint density at radius 2 is 2.22 bits per heavy atom. The van der Waals surface area contributed by atoms with Crippen molar-refractivity contribution in [3.8, 4) is 5.75 Å². The number of ether oxygens (including phenoxy) is 1. The number of likely N-dealkylation sites (N-methyl/N-ethyl adjacent to an activating group) is 1. The van der Waals surface area contributed by atoms with Crippen LogP contribution in [0.25, 0.3) is 0 Å². The Morgan fingerprint density at radius 3 is 2.78 bits per heavy atom. The topological polar surface area (TPSA) is 71.1 Å². The SMILES string of the molecule is COc1ccc(C)cc1CN(C)C(C)C(N)=NO. The van der Waals surface area contributed by atoms with Crippen LogP contribution in [0.3, 0.4) is 0 Å². The Kier molecular flexibility index (Phi) is 4.97. The molecule has 1 aromatic rings. The number of oxime groups is 1. The molecule has 100 valence electrons. The Balaban J connectivity index is 2.87. The van der Waals surface area contributed by atoms with E-state index in [-0.39, 0.29) is 11.9 Å². The van der Waals surface area contributed by atoms with Gasteiger partial charge in [-0.05, 0) is 27.0 Å². The van der Waals surface area contributed by atoms with Crippen molar-refractivity contribution in [1.82, 2.24) is 4.90 Å². The summed E-state index contributed by atoms with van der Waals surface area (Å²) in [5.74, 6) is 1.04. The third-order valence-corrected chi connectivity index (χ3v) is 3.06. The fourth-order valence-electron chi connectivity index (χ4n) is 1.75. The van der Waals surface area contributed by atoms with Crippen molar-refractivity contribution in [2.45, 2.75) is 26.4 Å². The molecule has 5 heteroatoms. The second-order valence-electron chi connectivity index (χ2n) is 4.43. The molecule has 0 spiro atoms. The maximum Gasteiger partial charge on any atom is 0.156 e. The number of aryl methyl sites for hydroxylation is 1. The maximum atomic E-state index is 8.68. The number of nitrogens with zero attached hydrogens (tertiary/aromatic N) is 2. The molecular weight excluding hydrogens is 230 g/mol. The standard InChI is InChI=1S/C13H21N3O2/c1-9-5-6-12(18-4)11(7-9)8-16(3)10(2)13(14)15-17/h5-7,10,17H,8H2,1-4H3,(H2,14,15). The van der Waals surface area contributed by atoms with E-state index in [1.165, 1.54) is 5.56 Å². The minimum Gasteiger partial charge on any atom is -0.496 e. The minimum absolute atomic E-state index is 0.139. The van der Waals surface area contributed by atoms with Crippen LogP contribution in [0.4, 0.5) is 0 Å². The predicted molar refractivity (Wildman–Crippen MR) is 72.1 cm³/mol. The number of methoxy groups -OCH3 is 1. The lowest BCUT2D eigenvalue weighted by Crippen LogP contribution is -2.40. The van der Waals surface area contributed by atoms with Crippen LogP contribution in [0.5, 0.6) is 5.75 Å². The van der Waals surface area contributed by atoms with Gasteiger partial charge in [0.2, 0.25) is 0 Å². The predicted octanol–water partition coefficient (Wildman–Crippen LogP) is 1.57. The molecule has 0 heterocycles. The van der Waals surface area contributed by atoms with Gasteiger partial charge in [-0.2, -0.15) is 0 Å². The van der Waals surface area contributed by atoms with Gasteiger partial charge in [-0.25, -0.2) is 0 Å². The number of hydrogen-bond acceptors (Lipinski definition) is 4. The lowest BCUT2D eigenvalue weighted by atomic mass is 10.1. The second kappa shape index (κ2) is 6.26. The lowest BCUT2D eigenvalue weighted by Gasteiger charge is -2.24. The summed E-state index contributed by atoms with van der Waals surface area (Å²) in [6.45, 7) is 4.59. The summed E-state index contributed by atoms with van der Waals surface area (Å²) in [5.41, 5.74) is 7.86. The van der Waals surface area contributed by atoms with Crippen molar-refractivity contribution < 1.29 is 9.94 Å². The van der Waals surface area contributed by atoms with Crippen LogP contribution >= 0.6 is 0 Å². The molecule has 1 aromatic carbocycles.